The van der Waals surface area contributed by atoms with Crippen LogP contribution in [0.3, 0.4) is 0 Å². The summed E-state index contributed by atoms with van der Waals surface area (Å²) in [5.41, 5.74) is 11.3. The van der Waals surface area contributed by atoms with Crippen molar-refractivity contribution in [1.29, 1.82) is 0 Å². The van der Waals surface area contributed by atoms with Gasteiger partial charge >= 0.3 is 0 Å². The molecule has 0 atom stereocenters. The number of hydrogen-bond acceptors (Lipinski definition) is 7. The van der Waals surface area contributed by atoms with Gasteiger partial charge in [-0.05, 0) is 26.1 Å². The number of rotatable bonds is 4. The standard InChI is InChI=1S/C16H14N6S.C6H12.CH5N/c1-2-17-14-6-5-13(21-22-14)12-4-3-11(10-7-19-20-8-10)15-16(12)23-9-18-15;1-2-4-6-5-3-1;1-2/h3-9H,2H2,1H3,(H,17,22)(H,19,20);1-6H2;2H2,1H3. The predicted molar refractivity (Wildman–Crippen MR) is 130 cm³/mol. The molecule has 1 fully saturated rings. The Labute approximate surface area is 187 Å². The van der Waals surface area contributed by atoms with Gasteiger partial charge in [-0.2, -0.15) is 5.10 Å². The Morgan fingerprint density at radius 1 is 0.968 bits per heavy atom. The van der Waals surface area contributed by atoms with Crippen molar-refractivity contribution < 1.29 is 0 Å². The van der Waals surface area contributed by atoms with E-state index in [1.54, 1.807) is 17.5 Å². The van der Waals surface area contributed by atoms with Crippen LogP contribution in [0.1, 0.15) is 45.4 Å². The number of anilines is 1. The first-order valence-corrected chi connectivity index (χ1v) is 11.8. The summed E-state index contributed by atoms with van der Waals surface area (Å²) in [4.78, 5) is 4.52. The fraction of sp³-hybridized carbons (Fsp3) is 0.391. The van der Waals surface area contributed by atoms with Crippen LogP contribution in [0.4, 0.5) is 5.82 Å². The molecule has 0 radical (unpaired) electrons. The quantitative estimate of drug-likeness (QED) is 0.390. The molecule has 5 rings (SSSR count). The molecule has 0 aliphatic heterocycles. The maximum Gasteiger partial charge on any atom is 0.148 e. The second-order valence-corrected chi connectivity index (χ2v) is 7.99. The molecule has 31 heavy (non-hydrogen) atoms. The number of thiazole rings is 1. The minimum atomic E-state index is 0.784. The first-order valence-electron chi connectivity index (χ1n) is 10.9. The first kappa shape index (κ1) is 22.8. The molecule has 3 aromatic heterocycles. The zero-order valence-corrected chi connectivity index (χ0v) is 19.1. The normalized spacial score (nSPS) is 13.0. The van der Waals surface area contributed by atoms with Crippen molar-refractivity contribution in [3.8, 4) is 22.4 Å². The molecule has 1 aliphatic carbocycles. The third kappa shape index (κ3) is 5.86. The van der Waals surface area contributed by atoms with Crippen LogP contribution in [0.2, 0.25) is 0 Å². The van der Waals surface area contributed by atoms with Gasteiger partial charge in [0.15, 0.2) is 0 Å². The van der Waals surface area contributed by atoms with Crippen LogP contribution >= 0.6 is 11.3 Å². The van der Waals surface area contributed by atoms with E-state index in [0.717, 1.165) is 45.0 Å². The van der Waals surface area contributed by atoms with Crippen LogP contribution in [0, 0.1) is 0 Å². The predicted octanol–water partition coefficient (Wildman–Crippen LogP) is 5.49. The third-order valence-corrected chi connectivity index (χ3v) is 5.95. The Hall–Kier alpha value is -2.84. The van der Waals surface area contributed by atoms with Crippen molar-refractivity contribution in [2.24, 2.45) is 5.73 Å². The number of aromatic nitrogens is 5. The zero-order valence-electron chi connectivity index (χ0n) is 18.3. The minimum Gasteiger partial charge on any atom is -0.369 e. The Morgan fingerprint density at radius 2 is 1.68 bits per heavy atom. The summed E-state index contributed by atoms with van der Waals surface area (Å²) in [6.07, 6.45) is 12.7. The molecule has 1 aliphatic rings. The van der Waals surface area contributed by atoms with Gasteiger partial charge in [0.05, 0.1) is 27.6 Å². The highest BCUT2D eigenvalue weighted by Gasteiger charge is 2.13. The molecule has 0 spiro atoms. The Balaban J connectivity index is 0.000000291. The summed E-state index contributed by atoms with van der Waals surface area (Å²) >= 11 is 1.61. The third-order valence-electron chi connectivity index (χ3n) is 5.09. The molecule has 7 nitrogen and oxygen atoms in total. The van der Waals surface area contributed by atoms with E-state index in [9.17, 15) is 0 Å². The van der Waals surface area contributed by atoms with Crippen LogP contribution in [-0.2, 0) is 0 Å². The van der Waals surface area contributed by atoms with Gasteiger partial charge in [-0.25, -0.2) is 4.98 Å². The molecule has 164 valence electrons. The fourth-order valence-corrected chi connectivity index (χ4v) is 4.43. The molecule has 4 aromatic rings. The maximum absolute atomic E-state index is 4.52. The van der Waals surface area contributed by atoms with Crippen LogP contribution in [-0.4, -0.2) is 39.0 Å². The van der Waals surface area contributed by atoms with Crippen molar-refractivity contribution >= 4 is 27.4 Å². The Kier molecular flexibility index (Phi) is 8.93. The van der Waals surface area contributed by atoms with Gasteiger partial charge < -0.3 is 11.1 Å². The Bertz CT molecular complexity index is 1010. The number of nitrogens with two attached hydrogens (primary N) is 1. The van der Waals surface area contributed by atoms with Gasteiger partial charge in [-0.3, -0.25) is 5.10 Å². The second kappa shape index (κ2) is 12.1. The van der Waals surface area contributed by atoms with E-state index < -0.39 is 0 Å². The molecular weight excluding hydrogens is 406 g/mol. The lowest BCUT2D eigenvalue weighted by Gasteiger charge is -2.06. The number of H-pyrrole nitrogens is 1. The number of aromatic amines is 1. The largest absolute Gasteiger partial charge is 0.369 e. The lowest BCUT2D eigenvalue weighted by Crippen LogP contribution is -2.00. The molecule has 8 heteroatoms. The van der Waals surface area contributed by atoms with E-state index in [4.69, 9.17) is 0 Å². The van der Waals surface area contributed by atoms with Crippen molar-refractivity contribution in [2.75, 3.05) is 18.9 Å². The van der Waals surface area contributed by atoms with Crippen LogP contribution in [0.15, 0.2) is 42.2 Å². The van der Waals surface area contributed by atoms with Gasteiger partial charge in [0.2, 0.25) is 0 Å². The SMILES string of the molecule is C1CCCCC1.CCNc1ccc(-c2ccc(-c3cn[nH]c3)c3ncsc23)nn1.CN. The maximum atomic E-state index is 4.52. The van der Waals surface area contributed by atoms with E-state index in [2.05, 4.69) is 48.6 Å². The first-order chi connectivity index (χ1) is 15.4. The summed E-state index contributed by atoms with van der Waals surface area (Å²) < 4.78 is 1.11. The van der Waals surface area contributed by atoms with Gasteiger partial charge in [0.1, 0.15) is 5.82 Å². The van der Waals surface area contributed by atoms with Gasteiger partial charge in [0.25, 0.3) is 0 Å². The number of hydrogen-bond donors (Lipinski definition) is 3. The van der Waals surface area contributed by atoms with Crippen molar-refractivity contribution in [3.63, 3.8) is 0 Å². The van der Waals surface area contributed by atoms with Crippen molar-refractivity contribution in [1.82, 2.24) is 25.4 Å². The van der Waals surface area contributed by atoms with Crippen LogP contribution in [0.25, 0.3) is 32.6 Å². The average Bonchev–Trinajstić information content (AvgIpc) is 3.55. The average molecular weight is 438 g/mol. The highest BCUT2D eigenvalue weighted by atomic mass is 32.1. The number of nitrogens with zero attached hydrogens (tertiary/aromatic N) is 4. The molecular formula is C23H31N7S. The smallest absolute Gasteiger partial charge is 0.148 e. The topological polar surface area (TPSA) is 105 Å². The van der Waals surface area contributed by atoms with Crippen molar-refractivity contribution in [3.05, 3.63) is 42.2 Å². The summed E-state index contributed by atoms with van der Waals surface area (Å²) in [7, 11) is 1.50. The highest BCUT2D eigenvalue weighted by Crippen LogP contribution is 2.36. The zero-order chi connectivity index (χ0) is 21.9. The minimum absolute atomic E-state index is 0.784. The monoisotopic (exact) mass is 437 g/mol. The molecule has 3 heterocycles. The number of benzene rings is 1. The summed E-state index contributed by atoms with van der Waals surface area (Å²) in [5.74, 6) is 0.784. The molecule has 0 saturated heterocycles. The van der Waals surface area contributed by atoms with E-state index in [1.165, 1.54) is 45.6 Å². The van der Waals surface area contributed by atoms with E-state index >= 15 is 0 Å². The lowest BCUT2D eigenvalue weighted by atomic mass is 10.0. The van der Waals surface area contributed by atoms with E-state index in [1.807, 2.05) is 30.8 Å². The molecule has 0 unspecified atom stereocenters. The van der Waals surface area contributed by atoms with Gasteiger partial charge in [-0.1, -0.05) is 50.7 Å². The summed E-state index contributed by atoms with van der Waals surface area (Å²) in [6, 6.07) is 8.06. The Morgan fingerprint density at radius 3 is 2.26 bits per heavy atom. The van der Waals surface area contributed by atoms with Gasteiger partial charge in [-0.15, -0.1) is 21.5 Å². The number of fused-ring (bicyclic) bond motifs is 1. The van der Waals surface area contributed by atoms with E-state index in [-0.39, 0.29) is 0 Å². The summed E-state index contributed by atoms with van der Waals surface area (Å²) in [6.45, 7) is 2.86. The summed E-state index contributed by atoms with van der Waals surface area (Å²) in [5, 5.41) is 18.6. The molecule has 1 saturated carbocycles. The molecule has 1 aromatic carbocycles. The number of nitrogens with one attached hydrogen (secondary N) is 2. The fourth-order valence-electron chi connectivity index (χ4n) is 3.60. The lowest BCUT2D eigenvalue weighted by molar-refractivity contribution is 0.504. The van der Waals surface area contributed by atoms with Crippen LogP contribution < -0.4 is 11.1 Å². The second-order valence-electron chi connectivity index (χ2n) is 7.13. The molecule has 0 bridgehead atoms. The molecule has 0 amide bonds. The van der Waals surface area contributed by atoms with E-state index in [0.29, 0.717) is 0 Å². The molecule has 4 N–H and O–H groups in total. The van der Waals surface area contributed by atoms with Crippen LogP contribution in [0.5, 0.6) is 0 Å². The van der Waals surface area contributed by atoms with Gasteiger partial charge in [0, 0.05) is 29.4 Å². The highest BCUT2D eigenvalue weighted by molar-refractivity contribution is 7.17. The van der Waals surface area contributed by atoms with Crippen molar-refractivity contribution in [2.45, 2.75) is 45.4 Å².